The molecule has 2 aromatic carbocycles. The van der Waals surface area contributed by atoms with E-state index in [0.29, 0.717) is 28.3 Å². The largest absolute Gasteiger partial charge is 0.493 e. The maximum atomic E-state index is 6.14. The molecular formula is C18H18ClN5O2. The van der Waals surface area contributed by atoms with Gasteiger partial charge < -0.3 is 20.1 Å². The Balaban J connectivity index is 1.78. The molecule has 0 radical (unpaired) electrons. The van der Waals surface area contributed by atoms with E-state index in [1.165, 1.54) is 6.20 Å². The fourth-order valence-electron chi connectivity index (χ4n) is 2.28. The van der Waals surface area contributed by atoms with Gasteiger partial charge in [-0.05, 0) is 36.8 Å². The number of halogens is 1. The molecule has 0 atom stereocenters. The van der Waals surface area contributed by atoms with E-state index in [1.807, 2.05) is 43.3 Å². The molecule has 0 unspecified atom stereocenters. The molecule has 0 aliphatic heterocycles. The number of nitrogens with one attached hydrogen (secondary N) is 2. The van der Waals surface area contributed by atoms with Crippen molar-refractivity contribution in [1.29, 1.82) is 0 Å². The van der Waals surface area contributed by atoms with E-state index >= 15 is 0 Å². The van der Waals surface area contributed by atoms with Crippen LogP contribution in [0.25, 0.3) is 0 Å². The number of hydrogen-bond donors (Lipinski definition) is 2. The van der Waals surface area contributed by atoms with Crippen molar-refractivity contribution < 1.29 is 9.47 Å². The highest BCUT2D eigenvalue weighted by Crippen LogP contribution is 2.31. The lowest BCUT2D eigenvalue weighted by atomic mass is 10.2. The number of methoxy groups -OCH3 is 2. The minimum absolute atomic E-state index is 0.357. The molecule has 2 N–H and O–H groups in total. The summed E-state index contributed by atoms with van der Waals surface area (Å²) < 4.78 is 10.5. The summed E-state index contributed by atoms with van der Waals surface area (Å²) in [6, 6.07) is 11.1. The van der Waals surface area contributed by atoms with Gasteiger partial charge in [-0.25, -0.2) is 0 Å². The van der Waals surface area contributed by atoms with Crippen molar-refractivity contribution in [3.05, 3.63) is 53.2 Å². The van der Waals surface area contributed by atoms with Crippen LogP contribution in [0.5, 0.6) is 11.5 Å². The zero-order chi connectivity index (χ0) is 18.5. The molecule has 8 heteroatoms. The predicted molar refractivity (Wildman–Crippen MR) is 102 cm³/mol. The molecule has 3 aromatic rings. The Kier molecular flexibility index (Phi) is 5.38. The van der Waals surface area contributed by atoms with Crippen molar-refractivity contribution in [1.82, 2.24) is 15.2 Å². The first-order valence-corrected chi connectivity index (χ1v) is 8.19. The van der Waals surface area contributed by atoms with E-state index in [-0.39, 0.29) is 0 Å². The molecule has 1 aromatic heterocycles. The zero-order valence-electron chi connectivity index (χ0n) is 14.6. The minimum atomic E-state index is 0.357. The fourth-order valence-corrected chi connectivity index (χ4v) is 2.46. The average molecular weight is 372 g/mol. The van der Waals surface area contributed by atoms with E-state index in [9.17, 15) is 0 Å². The summed E-state index contributed by atoms with van der Waals surface area (Å²) in [6.07, 6.45) is 1.53. The Labute approximate surface area is 156 Å². The molecule has 0 saturated carbocycles. The van der Waals surface area contributed by atoms with Crippen LogP contribution < -0.4 is 20.1 Å². The Morgan fingerprint density at radius 1 is 0.923 bits per heavy atom. The van der Waals surface area contributed by atoms with Crippen LogP contribution in [0.15, 0.2) is 42.6 Å². The summed E-state index contributed by atoms with van der Waals surface area (Å²) in [6.45, 7) is 1.94. The molecular weight excluding hydrogens is 354 g/mol. The molecule has 0 saturated heterocycles. The maximum Gasteiger partial charge on any atom is 0.249 e. The van der Waals surface area contributed by atoms with Gasteiger partial charge in [0.05, 0.1) is 20.4 Å². The summed E-state index contributed by atoms with van der Waals surface area (Å²) in [7, 11) is 3.18. The van der Waals surface area contributed by atoms with Crippen LogP contribution in [-0.2, 0) is 0 Å². The van der Waals surface area contributed by atoms with Crippen molar-refractivity contribution in [3.8, 4) is 11.5 Å². The predicted octanol–water partition coefficient (Wildman–Crippen LogP) is 4.34. The maximum absolute atomic E-state index is 6.14. The third-order valence-electron chi connectivity index (χ3n) is 3.64. The highest BCUT2D eigenvalue weighted by molar-refractivity contribution is 6.31. The first-order chi connectivity index (χ1) is 12.6. The standard InChI is InChI=1S/C18H18ClN5O2/c1-11-4-5-12(8-14(11)19)22-18-23-17(10-20-24-18)21-13-6-7-15(25-2)16(9-13)26-3/h4-10H,1-3H3,(H2,21,22,23,24). The van der Waals surface area contributed by atoms with Crippen molar-refractivity contribution in [2.75, 3.05) is 24.9 Å². The van der Waals surface area contributed by atoms with Gasteiger partial charge in [-0.15, -0.1) is 5.10 Å². The number of nitrogens with zero attached hydrogens (tertiary/aromatic N) is 3. The van der Waals surface area contributed by atoms with Crippen LogP contribution in [0.3, 0.4) is 0 Å². The lowest BCUT2D eigenvalue weighted by Crippen LogP contribution is -2.02. The van der Waals surface area contributed by atoms with Gasteiger partial charge in [0.25, 0.3) is 0 Å². The molecule has 0 spiro atoms. The van der Waals surface area contributed by atoms with Crippen LogP contribution >= 0.6 is 11.6 Å². The first kappa shape index (κ1) is 17.8. The normalized spacial score (nSPS) is 10.3. The molecule has 26 heavy (non-hydrogen) atoms. The summed E-state index contributed by atoms with van der Waals surface area (Å²) in [5.74, 6) is 2.16. The second kappa shape index (κ2) is 7.88. The van der Waals surface area contributed by atoms with Crippen LogP contribution in [0, 0.1) is 6.92 Å². The van der Waals surface area contributed by atoms with Crippen molar-refractivity contribution in [2.24, 2.45) is 0 Å². The molecule has 0 fully saturated rings. The number of ether oxygens (including phenoxy) is 2. The number of hydrogen-bond acceptors (Lipinski definition) is 7. The van der Waals surface area contributed by atoms with E-state index in [1.54, 1.807) is 14.2 Å². The molecule has 3 rings (SSSR count). The molecule has 0 amide bonds. The van der Waals surface area contributed by atoms with Crippen LogP contribution in [-0.4, -0.2) is 29.4 Å². The Morgan fingerprint density at radius 2 is 1.65 bits per heavy atom. The van der Waals surface area contributed by atoms with Gasteiger partial charge in [0, 0.05) is 22.5 Å². The van der Waals surface area contributed by atoms with Crippen LogP contribution in [0.4, 0.5) is 23.1 Å². The van der Waals surface area contributed by atoms with Gasteiger partial charge in [0.15, 0.2) is 17.3 Å². The fraction of sp³-hybridized carbons (Fsp3) is 0.167. The van der Waals surface area contributed by atoms with Gasteiger partial charge in [0.1, 0.15) is 0 Å². The van der Waals surface area contributed by atoms with E-state index in [0.717, 1.165) is 16.9 Å². The molecule has 134 valence electrons. The number of benzene rings is 2. The second-order valence-corrected chi connectivity index (χ2v) is 5.86. The highest BCUT2D eigenvalue weighted by atomic mass is 35.5. The molecule has 0 bridgehead atoms. The Bertz CT molecular complexity index is 920. The van der Waals surface area contributed by atoms with E-state index in [4.69, 9.17) is 21.1 Å². The quantitative estimate of drug-likeness (QED) is 0.667. The number of rotatable bonds is 6. The third-order valence-corrected chi connectivity index (χ3v) is 4.05. The third kappa shape index (κ3) is 4.12. The van der Waals surface area contributed by atoms with Gasteiger partial charge >= 0.3 is 0 Å². The molecule has 0 aliphatic rings. The highest BCUT2D eigenvalue weighted by Gasteiger charge is 2.07. The van der Waals surface area contributed by atoms with E-state index in [2.05, 4.69) is 25.8 Å². The smallest absolute Gasteiger partial charge is 0.249 e. The van der Waals surface area contributed by atoms with Crippen LogP contribution in [0.2, 0.25) is 5.02 Å². The van der Waals surface area contributed by atoms with Crippen LogP contribution in [0.1, 0.15) is 5.56 Å². The molecule has 1 heterocycles. The molecule has 0 aliphatic carbocycles. The lowest BCUT2D eigenvalue weighted by molar-refractivity contribution is 0.355. The van der Waals surface area contributed by atoms with Gasteiger partial charge in [0.2, 0.25) is 5.95 Å². The number of anilines is 4. The lowest BCUT2D eigenvalue weighted by Gasteiger charge is -2.11. The first-order valence-electron chi connectivity index (χ1n) is 7.81. The van der Waals surface area contributed by atoms with Gasteiger partial charge in [-0.2, -0.15) is 10.1 Å². The van der Waals surface area contributed by atoms with Gasteiger partial charge in [-0.1, -0.05) is 17.7 Å². The van der Waals surface area contributed by atoms with Crippen molar-refractivity contribution >= 4 is 34.7 Å². The summed E-state index contributed by atoms with van der Waals surface area (Å²) >= 11 is 6.14. The summed E-state index contributed by atoms with van der Waals surface area (Å²) in [5.41, 5.74) is 2.57. The van der Waals surface area contributed by atoms with Crippen molar-refractivity contribution in [3.63, 3.8) is 0 Å². The SMILES string of the molecule is COc1ccc(Nc2cnnc(Nc3ccc(C)c(Cl)c3)n2)cc1OC. The topological polar surface area (TPSA) is 81.2 Å². The van der Waals surface area contributed by atoms with Gasteiger partial charge in [-0.3, -0.25) is 0 Å². The molecule has 7 nitrogen and oxygen atoms in total. The van der Waals surface area contributed by atoms with E-state index < -0.39 is 0 Å². The minimum Gasteiger partial charge on any atom is -0.493 e. The average Bonchev–Trinajstić information content (AvgIpc) is 2.65. The zero-order valence-corrected chi connectivity index (χ0v) is 15.3. The Morgan fingerprint density at radius 3 is 2.38 bits per heavy atom. The summed E-state index contributed by atoms with van der Waals surface area (Å²) in [5, 5.41) is 14.9. The Hall–Kier alpha value is -3.06. The number of aryl methyl sites for hydroxylation is 1. The van der Waals surface area contributed by atoms with Crippen molar-refractivity contribution in [2.45, 2.75) is 6.92 Å². The number of aromatic nitrogens is 3. The second-order valence-electron chi connectivity index (χ2n) is 5.45. The monoisotopic (exact) mass is 371 g/mol. The summed E-state index contributed by atoms with van der Waals surface area (Å²) in [4.78, 5) is 4.40.